The molecule has 3 rings (SSSR count). The van der Waals surface area contributed by atoms with E-state index >= 15 is 0 Å². The van der Waals surface area contributed by atoms with E-state index in [0.717, 1.165) is 16.3 Å². The second-order valence-electron chi connectivity index (χ2n) is 5.66. The van der Waals surface area contributed by atoms with Crippen LogP contribution in [-0.4, -0.2) is 21.6 Å². The average molecular weight is 358 g/mol. The van der Waals surface area contributed by atoms with Crippen LogP contribution in [-0.2, 0) is 11.4 Å². The summed E-state index contributed by atoms with van der Waals surface area (Å²) in [5.74, 6) is 1.52. The van der Waals surface area contributed by atoms with Crippen molar-refractivity contribution in [3.63, 3.8) is 0 Å². The fourth-order valence-corrected chi connectivity index (χ4v) is 3.76. The number of nitrogens with zero attached hydrogens (tertiary/aromatic N) is 2. The van der Waals surface area contributed by atoms with Gasteiger partial charge in [-0.15, -0.1) is 11.8 Å². The van der Waals surface area contributed by atoms with Gasteiger partial charge in [-0.1, -0.05) is 30.3 Å². The molecule has 0 spiro atoms. The van der Waals surface area contributed by atoms with Gasteiger partial charge < -0.3 is 10.4 Å². The minimum atomic E-state index is -0.936. The van der Waals surface area contributed by atoms with E-state index in [4.69, 9.17) is 0 Å². The Hall–Kier alpha value is -1.89. The highest BCUT2D eigenvalue weighted by Crippen LogP contribution is 2.24. The topological polar surface area (TPSA) is 58.0 Å². The summed E-state index contributed by atoms with van der Waals surface area (Å²) in [6.07, 6.45) is 3.44. The molecule has 1 aromatic carbocycles. The molecule has 124 valence electrons. The smallest absolute Gasteiger partial charge is 0.145 e. The Balaban J connectivity index is 1.59. The van der Waals surface area contributed by atoms with Crippen LogP contribution >= 0.6 is 23.1 Å². The van der Waals surface area contributed by atoms with Gasteiger partial charge in [-0.3, -0.25) is 4.98 Å². The van der Waals surface area contributed by atoms with Crippen molar-refractivity contribution in [1.29, 1.82) is 0 Å². The highest BCUT2D eigenvalue weighted by atomic mass is 32.2. The van der Waals surface area contributed by atoms with E-state index in [2.05, 4.69) is 27.4 Å². The monoisotopic (exact) mass is 357 g/mol. The number of thioether (sulfide) groups is 1. The number of nitrogens with one attached hydrogen (secondary N) is 1. The number of benzene rings is 1. The number of aromatic nitrogens is 2. The third kappa shape index (κ3) is 4.56. The van der Waals surface area contributed by atoms with Gasteiger partial charge in [-0.25, -0.2) is 4.98 Å². The lowest BCUT2D eigenvalue weighted by Gasteiger charge is -2.23. The zero-order valence-corrected chi connectivity index (χ0v) is 15.0. The summed E-state index contributed by atoms with van der Waals surface area (Å²) in [6.45, 7) is 2.18. The highest BCUT2D eigenvalue weighted by molar-refractivity contribution is 7.98. The zero-order valence-electron chi connectivity index (χ0n) is 13.3. The number of rotatable bonds is 7. The molecular weight excluding hydrogens is 338 g/mol. The van der Waals surface area contributed by atoms with Crippen molar-refractivity contribution in [2.45, 2.75) is 23.3 Å². The van der Waals surface area contributed by atoms with Crippen molar-refractivity contribution < 1.29 is 5.11 Å². The quantitative estimate of drug-likeness (QED) is 0.622. The van der Waals surface area contributed by atoms with Gasteiger partial charge in [0, 0.05) is 12.3 Å². The van der Waals surface area contributed by atoms with Gasteiger partial charge in [0.05, 0.1) is 12.4 Å². The molecule has 0 bridgehead atoms. The molecule has 24 heavy (non-hydrogen) atoms. The fraction of sp³-hybridized carbons (Fsp3) is 0.222. The molecule has 0 aliphatic rings. The lowest BCUT2D eigenvalue weighted by atomic mass is 9.99. The van der Waals surface area contributed by atoms with Gasteiger partial charge in [-0.2, -0.15) is 11.3 Å². The van der Waals surface area contributed by atoms with E-state index < -0.39 is 5.60 Å². The molecule has 0 saturated heterocycles. The molecule has 0 radical (unpaired) electrons. The Labute approximate surface area is 150 Å². The molecule has 0 aliphatic heterocycles. The van der Waals surface area contributed by atoms with Crippen LogP contribution in [0.15, 0.2) is 64.6 Å². The Morgan fingerprint density at radius 2 is 2.04 bits per heavy atom. The Morgan fingerprint density at radius 3 is 2.79 bits per heavy atom. The van der Waals surface area contributed by atoms with Crippen LogP contribution in [0.5, 0.6) is 0 Å². The molecule has 0 saturated carbocycles. The summed E-state index contributed by atoms with van der Waals surface area (Å²) in [4.78, 5) is 8.79. The van der Waals surface area contributed by atoms with Crippen LogP contribution in [0.1, 0.15) is 18.1 Å². The van der Waals surface area contributed by atoms with Crippen molar-refractivity contribution in [1.82, 2.24) is 9.97 Å². The number of anilines is 1. The predicted molar refractivity (Wildman–Crippen MR) is 100 cm³/mol. The number of thiophene rings is 1. The number of hydrogen-bond donors (Lipinski definition) is 2. The van der Waals surface area contributed by atoms with Gasteiger partial charge >= 0.3 is 0 Å². The van der Waals surface area contributed by atoms with Crippen molar-refractivity contribution >= 4 is 28.9 Å². The van der Waals surface area contributed by atoms with Crippen molar-refractivity contribution in [3.8, 4) is 0 Å². The molecule has 2 heterocycles. The maximum absolute atomic E-state index is 10.5. The van der Waals surface area contributed by atoms with Gasteiger partial charge in [0.1, 0.15) is 16.4 Å². The number of aliphatic hydroxyl groups is 1. The second-order valence-corrected chi connectivity index (χ2v) is 7.43. The predicted octanol–water partition coefficient (Wildman–Crippen LogP) is 4.15. The molecular formula is C18H19N3OS2. The van der Waals surface area contributed by atoms with Crippen LogP contribution in [0.2, 0.25) is 0 Å². The van der Waals surface area contributed by atoms with Crippen molar-refractivity contribution in [3.05, 3.63) is 70.7 Å². The molecule has 3 aromatic rings. The molecule has 1 unspecified atom stereocenters. The minimum Gasteiger partial charge on any atom is -0.384 e. The summed E-state index contributed by atoms with van der Waals surface area (Å²) in [5, 5.41) is 18.5. The third-order valence-electron chi connectivity index (χ3n) is 3.60. The molecule has 2 N–H and O–H groups in total. The maximum Gasteiger partial charge on any atom is 0.145 e. The summed E-state index contributed by atoms with van der Waals surface area (Å²) in [5.41, 5.74) is 1.22. The van der Waals surface area contributed by atoms with Crippen molar-refractivity contribution in [2.24, 2.45) is 0 Å². The van der Waals surface area contributed by atoms with E-state index in [9.17, 15) is 5.11 Å². The lowest BCUT2D eigenvalue weighted by molar-refractivity contribution is 0.0719. The summed E-state index contributed by atoms with van der Waals surface area (Å²) in [6, 6.07) is 12.2. The second kappa shape index (κ2) is 7.79. The first-order valence-corrected chi connectivity index (χ1v) is 9.54. The number of hydrogen-bond acceptors (Lipinski definition) is 6. The van der Waals surface area contributed by atoms with Crippen molar-refractivity contribution in [2.75, 3.05) is 11.9 Å². The molecule has 0 fully saturated rings. The summed E-state index contributed by atoms with van der Waals surface area (Å²) in [7, 11) is 0. The highest BCUT2D eigenvalue weighted by Gasteiger charge is 2.23. The first kappa shape index (κ1) is 17.0. The fourth-order valence-electron chi connectivity index (χ4n) is 2.17. The molecule has 1 atom stereocenters. The van der Waals surface area contributed by atoms with E-state index in [1.54, 1.807) is 42.4 Å². The molecule has 6 heteroatoms. The lowest BCUT2D eigenvalue weighted by Crippen LogP contribution is -2.30. The molecule has 0 amide bonds. The maximum atomic E-state index is 10.5. The van der Waals surface area contributed by atoms with Crippen LogP contribution in [0.4, 0.5) is 5.82 Å². The van der Waals surface area contributed by atoms with Crippen LogP contribution in [0.25, 0.3) is 0 Å². The van der Waals surface area contributed by atoms with Gasteiger partial charge in [-0.05, 0) is 34.9 Å². The van der Waals surface area contributed by atoms with Gasteiger partial charge in [0.15, 0.2) is 0 Å². The Kier molecular flexibility index (Phi) is 5.50. The van der Waals surface area contributed by atoms with Gasteiger partial charge in [0.25, 0.3) is 0 Å². The summed E-state index contributed by atoms with van der Waals surface area (Å²) >= 11 is 3.22. The first-order chi connectivity index (χ1) is 11.6. The first-order valence-electron chi connectivity index (χ1n) is 7.61. The molecule has 4 nitrogen and oxygen atoms in total. The van der Waals surface area contributed by atoms with Gasteiger partial charge in [0.2, 0.25) is 0 Å². The SMILES string of the molecule is CC(O)(CNc1cncc(SCc2ccccc2)n1)c1ccsc1. The normalized spacial score (nSPS) is 13.4. The van der Waals surface area contributed by atoms with Crippen LogP contribution < -0.4 is 5.32 Å². The van der Waals surface area contributed by atoms with E-state index in [-0.39, 0.29) is 0 Å². The Morgan fingerprint density at radius 1 is 1.21 bits per heavy atom. The molecule has 0 aliphatic carbocycles. The van der Waals surface area contributed by atoms with E-state index in [1.165, 1.54) is 5.56 Å². The average Bonchev–Trinajstić information content (AvgIpc) is 3.15. The molecule has 2 aromatic heterocycles. The minimum absolute atomic E-state index is 0.380. The van der Waals surface area contributed by atoms with E-state index in [0.29, 0.717) is 12.4 Å². The third-order valence-corrected chi connectivity index (χ3v) is 5.25. The van der Waals surface area contributed by atoms with Crippen LogP contribution in [0.3, 0.4) is 0 Å². The largest absolute Gasteiger partial charge is 0.384 e. The Bertz CT molecular complexity index is 761. The van der Waals surface area contributed by atoms with Crippen LogP contribution in [0, 0.1) is 0 Å². The zero-order chi connectivity index (χ0) is 16.8. The standard InChI is InChI=1S/C18H19N3OS2/c1-18(22,15-7-8-23-12-15)13-20-16-9-19-10-17(21-16)24-11-14-5-3-2-4-6-14/h2-10,12,22H,11,13H2,1H3,(H,20,21). The van der Waals surface area contributed by atoms with E-state index in [1.807, 2.05) is 35.0 Å². The summed E-state index contributed by atoms with van der Waals surface area (Å²) < 4.78 is 0.